The zero-order valence-electron chi connectivity index (χ0n) is 14.9. The standard InChI is InChI=1S/C19H15NO7S/c1-10(18(24)26-2)20-16(21)15(28-19(20)25)9-13-6-7-14(27-13)11-4-3-5-12(8-11)17(22)23/h3-10H,1-2H3,(H,22,23)/b15-9-/t10-/m0/s1. The number of ether oxygens (including phenoxy) is 1. The van der Waals surface area contributed by atoms with Crippen LogP contribution in [-0.4, -0.2) is 46.2 Å². The van der Waals surface area contributed by atoms with Crippen LogP contribution in [-0.2, 0) is 14.3 Å². The number of methoxy groups -OCH3 is 1. The number of esters is 1. The number of hydrogen-bond acceptors (Lipinski definition) is 7. The second-order valence-corrected chi connectivity index (χ2v) is 6.83. The Bertz CT molecular complexity index is 1010. The van der Waals surface area contributed by atoms with Crippen LogP contribution in [0.25, 0.3) is 17.4 Å². The van der Waals surface area contributed by atoms with Crippen LogP contribution in [0.1, 0.15) is 23.0 Å². The van der Waals surface area contributed by atoms with Gasteiger partial charge in [-0.25, -0.2) is 9.59 Å². The summed E-state index contributed by atoms with van der Waals surface area (Å²) in [6.45, 7) is 1.41. The van der Waals surface area contributed by atoms with Gasteiger partial charge in [0.15, 0.2) is 0 Å². The number of carbonyl (C=O) groups excluding carboxylic acids is 3. The molecule has 1 saturated heterocycles. The number of furan rings is 1. The lowest BCUT2D eigenvalue weighted by Crippen LogP contribution is -2.42. The van der Waals surface area contributed by atoms with Crippen molar-refractivity contribution in [1.82, 2.24) is 4.90 Å². The first-order valence-electron chi connectivity index (χ1n) is 8.10. The van der Waals surface area contributed by atoms with Crippen molar-refractivity contribution in [1.29, 1.82) is 0 Å². The Kier molecular flexibility index (Phi) is 5.36. The molecule has 3 rings (SSSR count). The van der Waals surface area contributed by atoms with Gasteiger partial charge in [-0.3, -0.25) is 14.5 Å². The van der Waals surface area contributed by atoms with Gasteiger partial charge in [0.1, 0.15) is 17.6 Å². The lowest BCUT2D eigenvalue weighted by molar-refractivity contribution is -0.148. The summed E-state index contributed by atoms with van der Waals surface area (Å²) in [4.78, 5) is 48.3. The van der Waals surface area contributed by atoms with Crippen LogP contribution in [0.4, 0.5) is 4.79 Å². The number of benzene rings is 1. The van der Waals surface area contributed by atoms with E-state index in [4.69, 9.17) is 9.52 Å². The van der Waals surface area contributed by atoms with Crippen molar-refractivity contribution in [2.75, 3.05) is 7.11 Å². The van der Waals surface area contributed by atoms with E-state index < -0.39 is 29.1 Å². The fourth-order valence-electron chi connectivity index (χ4n) is 2.61. The van der Waals surface area contributed by atoms with E-state index >= 15 is 0 Å². The topological polar surface area (TPSA) is 114 Å². The molecule has 0 bridgehead atoms. The molecular formula is C19H15NO7S. The lowest BCUT2D eigenvalue weighted by Gasteiger charge is -2.18. The van der Waals surface area contributed by atoms with Gasteiger partial charge in [0.2, 0.25) is 0 Å². The summed E-state index contributed by atoms with van der Waals surface area (Å²) >= 11 is 0.697. The highest BCUT2D eigenvalue weighted by atomic mass is 32.2. The first-order chi connectivity index (χ1) is 13.3. The molecule has 1 aromatic heterocycles. The Morgan fingerprint density at radius 2 is 2.00 bits per heavy atom. The van der Waals surface area contributed by atoms with Crippen LogP contribution in [0, 0.1) is 0 Å². The number of hydrogen-bond donors (Lipinski definition) is 1. The van der Waals surface area contributed by atoms with Gasteiger partial charge < -0.3 is 14.3 Å². The summed E-state index contributed by atoms with van der Waals surface area (Å²) in [5.41, 5.74) is 0.681. The fourth-order valence-corrected chi connectivity index (χ4v) is 3.50. The molecule has 0 saturated carbocycles. The summed E-state index contributed by atoms with van der Waals surface area (Å²) in [5, 5.41) is 8.51. The van der Waals surface area contributed by atoms with E-state index in [9.17, 15) is 19.2 Å². The molecule has 2 amide bonds. The predicted molar refractivity (Wildman–Crippen MR) is 100 cm³/mol. The second kappa shape index (κ2) is 7.73. The summed E-state index contributed by atoms with van der Waals surface area (Å²) in [5.74, 6) is -1.63. The van der Waals surface area contributed by atoms with Crippen LogP contribution >= 0.6 is 11.8 Å². The Labute approximate surface area is 163 Å². The highest BCUT2D eigenvalue weighted by Gasteiger charge is 2.41. The summed E-state index contributed by atoms with van der Waals surface area (Å²) < 4.78 is 10.2. The quantitative estimate of drug-likeness (QED) is 0.600. The SMILES string of the molecule is COC(=O)[C@H](C)N1C(=O)S/C(=C\c2ccc(-c3cccc(C(=O)O)c3)o2)C1=O. The number of rotatable bonds is 5. The van der Waals surface area contributed by atoms with Crippen molar-refractivity contribution in [3.63, 3.8) is 0 Å². The van der Waals surface area contributed by atoms with E-state index in [1.165, 1.54) is 32.2 Å². The number of aromatic carboxylic acids is 1. The van der Waals surface area contributed by atoms with E-state index in [1.54, 1.807) is 24.3 Å². The molecule has 0 spiro atoms. The number of nitrogens with zero attached hydrogens (tertiary/aromatic N) is 1. The van der Waals surface area contributed by atoms with E-state index in [-0.39, 0.29) is 10.5 Å². The summed E-state index contributed by atoms with van der Waals surface area (Å²) in [7, 11) is 1.18. The molecule has 1 atom stereocenters. The molecule has 144 valence electrons. The lowest BCUT2D eigenvalue weighted by atomic mass is 10.1. The molecule has 8 nitrogen and oxygen atoms in total. The molecule has 28 heavy (non-hydrogen) atoms. The number of carbonyl (C=O) groups is 4. The molecule has 0 unspecified atom stereocenters. The van der Waals surface area contributed by atoms with Gasteiger partial charge in [0, 0.05) is 11.6 Å². The van der Waals surface area contributed by atoms with Crippen molar-refractivity contribution in [2.45, 2.75) is 13.0 Å². The number of carboxylic acids is 1. The van der Waals surface area contributed by atoms with Gasteiger partial charge in [-0.15, -0.1) is 0 Å². The first-order valence-corrected chi connectivity index (χ1v) is 8.92. The minimum absolute atomic E-state index is 0.112. The average Bonchev–Trinajstić information content (AvgIpc) is 3.25. The maximum atomic E-state index is 12.5. The maximum absolute atomic E-state index is 12.5. The van der Waals surface area contributed by atoms with Gasteiger partial charge in [0.05, 0.1) is 17.6 Å². The van der Waals surface area contributed by atoms with Crippen LogP contribution in [0.2, 0.25) is 0 Å². The Balaban J connectivity index is 1.85. The summed E-state index contributed by atoms with van der Waals surface area (Å²) in [6, 6.07) is 8.43. The molecule has 2 heterocycles. The van der Waals surface area contributed by atoms with Crippen molar-refractivity contribution in [3.8, 4) is 11.3 Å². The zero-order valence-corrected chi connectivity index (χ0v) is 15.7. The van der Waals surface area contributed by atoms with E-state index in [1.807, 2.05) is 0 Å². The maximum Gasteiger partial charge on any atom is 0.335 e. The van der Waals surface area contributed by atoms with Crippen molar-refractivity contribution >= 4 is 40.9 Å². The van der Waals surface area contributed by atoms with Gasteiger partial charge in [-0.1, -0.05) is 12.1 Å². The molecule has 0 radical (unpaired) electrons. The minimum atomic E-state index is -1.05. The number of thioether (sulfide) groups is 1. The van der Waals surface area contributed by atoms with Crippen LogP contribution < -0.4 is 0 Å². The van der Waals surface area contributed by atoms with E-state index in [2.05, 4.69) is 4.74 Å². The van der Waals surface area contributed by atoms with Gasteiger partial charge in [-0.05, 0) is 43.0 Å². The molecule has 1 aromatic carbocycles. The van der Waals surface area contributed by atoms with Crippen LogP contribution in [0.15, 0.2) is 45.7 Å². The molecule has 1 aliphatic rings. The van der Waals surface area contributed by atoms with Gasteiger partial charge >= 0.3 is 11.9 Å². The number of amides is 2. The van der Waals surface area contributed by atoms with Gasteiger partial charge in [0.25, 0.3) is 11.1 Å². The third-order valence-corrected chi connectivity index (χ3v) is 4.93. The van der Waals surface area contributed by atoms with Crippen molar-refractivity contribution < 1.29 is 33.4 Å². The monoisotopic (exact) mass is 401 g/mol. The zero-order chi connectivity index (χ0) is 20.4. The molecule has 1 N–H and O–H groups in total. The summed E-state index contributed by atoms with van der Waals surface area (Å²) in [6.07, 6.45) is 1.40. The molecule has 0 aliphatic carbocycles. The predicted octanol–water partition coefficient (Wildman–Crippen LogP) is 3.24. The van der Waals surface area contributed by atoms with Crippen molar-refractivity contribution in [3.05, 3.63) is 52.6 Å². The third kappa shape index (κ3) is 3.70. The smallest absolute Gasteiger partial charge is 0.335 e. The Morgan fingerprint density at radius 1 is 1.25 bits per heavy atom. The fraction of sp³-hybridized carbons (Fsp3) is 0.158. The minimum Gasteiger partial charge on any atom is -0.478 e. The van der Waals surface area contributed by atoms with Gasteiger partial charge in [-0.2, -0.15) is 0 Å². The Morgan fingerprint density at radius 3 is 2.68 bits per heavy atom. The highest BCUT2D eigenvalue weighted by molar-refractivity contribution is 8.18. The largest absolute Gasteiger partial charge is 0.478 e. The normalized spacial score (nSPS) is 16.5. The average molecular weight is 401 g/mol. The molecule has 9 heteroatoms. The highest BCUT2D eigenvalue weighted by Crippen LogP contribution is 2.34. The van der Waals surface area contributed by atoms with E-state index in [0.29, 0.717) is 28.8 Å². The second-order valence-electron chi connectivity index (χ2n) is 5.84. The van der Waals surface area contributed by atoms with E-state index in [0.717, 1.165) is 4.90 Å². The number of carboxylic acid groups (broad SMARTS) is 1. The Hall–Kier alpha value is -3.33. The number of imide groups is 1. The molecular weight excluding hydrogens is 386 g/mol. The first kappa shape index (κ1) is 19.4. The van der Waals surface area contributed by atoms with Crippen molar-refractivity contribution in [2.24, 2.45) is 0 Å². The molecule has 1 aliphatic heterocycles. The third-order valence-electron chi connectivity index (χ3n) is 4.05. The van der Waals surface area contributed by atoms with Crippen LogP contribution in [0.3, 0.4) is 0 Å². The molecule has 2 aromatic rings. The molecule has 1 fully saturated rings. The van der Waals surface area contributed by atoms with Crippen LogP contribution in [0.5, 0.6) is 0 Å².